The number of aliphatic hydroxyl groups excluding tert-OH is 1. The van der Waals surface area contributed by atoms with Gasteiger partial charge in [-0.1, -0.05) is 6.42 Å². The average molecular weight is 265 g/mol. The summed E-state index contributed by atoms with van der Waals surface area (Å²) in [5.41, 5.74) is 0. The molecule has 3 heteroatoms. The third-order valence-corrected chi connectivity index (χ3v) is 6.00. The lowest BCUT2D eigenvalue weighted by atomic mass is 9.81. The highest BCUT2D eigenvalue weighted by Crippen LogP contribution is 2.46. The van der Waals surface area contributed by atoms with Crippen LogP contribution in [0.5, 0.6) is 0 Å². The van der Waals surface area contributed by atoms with Crippen molar-refractivity contribution >= 4 is 5.91 Å². The minimum absolute atomic E-state index is 0.229. The molecule has 3 saturated carbocycles. The fraction of sp³-hybridized carbons (Fsp3) is 0.938. The van der Waals surface area contributed by atoms with E-state index in [1.807, 2.05) is 7.05 Å². The summed E-state index contributed by atoms with van der Waals surface area (Å²) in [7, 11) is 2.03. The monoisotopic (exact) mass is 265 g/mol. The van der Waals surface area contributed by atoms with E-state index in [0.29, 0.717) is 24.5 Å². The van der Waals surface area contributed by atoms with Crippen LogP contribution in [0.3, 0.4) is 0 Å². The number of amides is 1. The summed E-state index contributed by atoms with van der Waals surface area (Å²) in [6.45, 7) is 0.295. The highest BCUT2D eigenvalue weighted by molar-refractivity contribution is 5.79. The number of hydrogen-bond donors (Lipinski definition) is 1. The number of carbonyl (C=O) groups excluding carboxylic acids is 1. The first kappa shape index (κ1) is 13.4. The van der Waals surface area contributed by atoms with Crippen molar-refractivity contribution in [2.75, 3.05) is 13.7 Å². The Balaban J connectivity index is 1.55. The molecule has 0 heterocycles. The van der Waals surface area contributed by atoms with Gasteiger partial charge >= 0.3 is 0 Å². The molecule has 3 nitrogen and oxygen atoms in total. The van der Waals surface area contributed by atoms with E-state index in [4.69, 9.17) is 0 Å². The normalized spacial score (nSPS) is 41.5. The Bertz CT molecular complexity index is 336. The van der Waals surface area contributed by atoms with Gasteiger partial charge in [-0.2, -0.15) is 0 Å². The summed E-state index contributed by atoms with van der Waals surface area (Å²) in [5.74, 6) is 2.74. The summed E-state index contributed by atoms with van der Waals surface area (Å²) in [6, 6.07) is 0.529. The molecule has 3 aliphatic carbocycles. The van der Waals surface area contributed by atoms with E-state index < -0.39 is 0 Å². The minimum atomic E-state index is 0.229. The first-order valence-corrected chi connectivity index (χ1v) is 8.06. The van der Waals surface area contributed by atoms with Gasteiger partial charge in [-0.25, -0.2) is 0 Å². The van der Waals surface area contributed by atoms with Crippen LogP contribution in [0.25, 0.3) is 0 Å². The summed E-state index contributed by atoms with van der Waals surface area (Å²) >= 11 is 0. The lowest BCUT2D eigenvalue weighted by Crippen LogP contribution is -2.44. The van der Waals surface area contributed by atoms with Crippen LogP contribution in [0.15, 0.2) is 0 Å². The molecule has 19 heavy (non-hydrogen) atoms. The van der Waals surface area contributed by atoms with E-state index in [0.717, 1.165) is 37.5 Å². The number of fused-ring (bicyclic) bond motifs is 2. The van der Waals surface area contributed by atoms with Crippen LogP contribution in [-0.4, -0.2) is 35.6 Å². The fourth-order valence-corrected chi connectivity index (χ4v) is 4.73. The third kappa shape index (κ3) is 2.54. The van der Waals surface area contributed by atoms with Gasteiger partial charge in [0, 0.05) is 25.6 Å². The van der Waals surface area contributed by atoms with Crippen molar-refractivity contribution < 1.29 is 9.90 Å². The largest absolute Gasteiger partial charge is 0.396 e. The lowest BCUT2D eigenvalue weighted by Gasteiger charge is -2.36. The van der Waals surface area contributed by atoms with Gasteiger partial charge in [0.25, 0.3) is 0 Å². The van der Waals surface area contributed by atoms with E-state index >= 15 is 0 Å². The molecule has 3 rings (SSSR count). The molecule has 3 aliphatic rings. The second kappa shape index (κ2) is 5.43. The van der Waals surface area contributed by atoms with Crippen LogP contribution in [0.2, 0.25) is 0 Å². The van der Waals surface area contributed by atoms with Crippen LogP contribution in [0, 0.1) is 23.7 Å². The number of carbonyl (C=O) groups is 1. The van der Waals surface area contributed by atoms with Crippen molar-refractivity contribution in [1.82, 2.24) is 4.90 Å². The maximum Gasteiger partial charge on any atom is 0.225 e. The smallest absolute Gasteiger partial charge is 0.225 e. The number of nitrogens with zero attached hydrogens (tertiary/aromatic N) is 1. The van der Waals surface area contributed by atoms with E-state index in [1.54, 1.807) is 0 Å². The molecule has 0 aromatic heterocycles. The number of aliphatic hydroxyl groups is 1. The third-order valence-electron chi connectivity index (χ3n) is 6.00. The van der Waals surface area contributed by atoms with Crippen LogP contribution >= 0.6 is 0 Å². The summed E-state index contributed by atoms with van der Waals surface area (Å²) in [4.78, 5) is 14.7. The fourth-order valence-electron chi connectivity index (χ4n) is 4.73. The molecular formula is C16H27NO2. The molecule has 1 N–H and O–H groups in total. The van der Waals surface area contributed by atoms with Crippen molar-refractivity contribution in [2.45, 2.75) is 57.4 Å². The topological polar surface area (TPSA) is 40.5 Å². The zero-order valence-corrected chi connectivity index (χ0v) is 12.1. The van der Waals surface area contributed by atoms with Gasteiger partial charge < -0.3 is 10.0 Å². The maximum absolute atomic E-state index is 12.6. The summed E-state index contributed by atoms with van der Waals surface area (Å²) in [5, 5.41) is 9.17. The van der Waals surface area contributed by atoms with Crippen LogP contribution in [0.1, 0.15) is 51.4 Å². The number of rotatable bonds is 3. The highest BCUT2D eigenvalue weighted by atomic mass is 16.3. The predicted octanol–water partition coefficient (Wildman–Crippen LogP) is 2.43. The molecule has 1 amide bonds. The van der Waals surface area contributed by atoms with E-state index in [1.165, 1.54) is 25.7 Å². The minimum Gasteiger partial charge on any atom is -0.396 e. The summed E-state index contributed by atoms with van der Waals surface area (Å²) < 4.78 is 0. The molecule has 108 valence electrons. The molecule has 3 unspecified atom stereocenters. The van der Waals surface area contributed by atoms with Gasteiger partial charge in [0.05, 0.1) is 0 Å². The molecule has 0 aromatic rings. The quantitative estimate of drug-likeness (QED) is 0.851. The Morgan fingerprint density at radius 3 is 2.37 bits per heavy atom. The molecule has 3 fully saturated rings. The molecule has 0 aliphatic heterocycles. The molecular weight excluding hydrogens is 238 g/mol. The number of hydrogen-bond acceptors (Lipinski definition) is 2. The first-order chi connectivity index (χ1) is 9.19. The Kier molecular flexibility index (Phi) is 3.84. The average Bonchev–Trinajstić information content (AvgIpc) is 3.08. The molecule has 3 atom stereocenters. The van der Waals surface area contributed by atoms with Crippen LogP contribution < -0.4 is 0 Å². The van der Waals surface area contributed by atoms with Crippen molar-refractivity contribution in [1.29, 1.82) is 0 Å². The Morgan fingerprint density at radius 2 is 1.84 bits per heavy atom. The zero-order valence-electron chi connectivity index (χ0n) is 12.1. The molecule has 0 aromatic carbocycles. The Labute approximate surface area is 116 Å². The van der Waals surface area contributed by atoms with Gasteiger partial charge in [-0.05, 0) is 62.7 Å². The lowest BCUT2D eigenvalue weighted by molar-refractivity contribution is -0.138. The maximum atomic E-state index is 12.6. The van der Waals surface area contributed by atoms with Gasteiger partial charge in [-0.3, -0.25) is 4.79 Å². The van der Waals surface area contributed by atoms with Crippen molar-refractivity contribution in [3.8, 4) is 0 Å². The Morgan fingerprint density at radius 1 is 1.11 bits per heavy atom. The Hall–Kier alpha value is -0.570. The standard InChI is InChI=1S/C16H27NO2/c1-17(15-9-12-4-7-14(15)8-12)16(19)13-5-2-11(10-18)3-6-13/h11-15,18H,2-10H2,1H3. The summed E-state index contributed by atoms with van der Waals surface area (Å²) in [6.07, 6.45) is 9.35. The highest BCUT2D eigenvalue weighted by Gasteiger charge is 2.43. The van der Waals surface area contributed by atoms with E-state index in [-0.39, 0.29) is 5.92 Å². The molecule has 0 spiro atoms. The van der Waals surface area contributed by atoms with Crippen molar-refractivity contribution in [2.24, 2.45) is 23.7 Å². The van der Waals surface area contributed by atoms with E-state index in [9.17, 15) is 9.90 Å². The second-order valence-corrected chi connectivity index (χ2v) is 7.09. The van der Waals surface area contributed by atoms with E-state index in [2.05, 4.69) is 4.90 Å². The second-order valence-electron chi connectivity index (χ2n) is 7.09. The van der Waals surface area contributed by atoms with Crippen LogP contribution in [0.4, 0.5) is 0 Å². The predicted molar refractivity (Wildman–Crippen MR) is 74.5 cm³/mol. The van der Waals surface area contributed by atoms with Crippen LogP contribution in [-0.2, 0) is 4.79 Å². The molecule has 2 bridgehead atoms. The van der Waals surface area contributed by atoms with Gasteiger partial charge in [0.2, 0.25) is 5.91 Å². The van der Waals surface area contributed by atoms with Gasteiger partial charge in [0.15, 0.2) is 0 Å². The van der Waals surface area contributed by atoms with Crippen molar-refractivity contribution in [3.05, 3.63) is 0 Å². The zero-order chi connectivity index (χ0) is 13.4. The molecule has 0 radical (unpaired) electrons. The van der Waals surface area contributed by atoms with Crippen molar-refractivity contribution in [3.63, 3.8) is 0 Å². The van der Waals surface area contributed by atoms with Gasteiger partial charge in [0.1, 0.15) is 0 Å². The van der Waals surface area contributed by atoms with Gasteiger partial charge in [-0.15, -0.1) is 0 Å². The SMILES string of the molecule is CN(C(=O)C1CCC(CO)CC1)C1CC2CCC1C2. The first-order valence-electron chi connectivity index (χ1n) is 8.06. The molecule has 0 saturated heterocycles.